The first kappa shape index (κ1) is 12.0. The highest BCUT2D eigenvalue weighted by atomic mass is 19.1. The smallest absolute Gasteiger partial charge is 0.272 e. The van der Waals surface area contributed by atoms with E-state index in [1.807, 2.05) is 0 Å². The Balaban J connectivity index is 1.95. The summed E-state index contributed by atoms with van der Waals surface area (Å²) in [5.41, 5.74) is -0.0174. The van der Waals surface area contributed by atoms with E-state index in [0.29, 0.717) is 13.0 Å². The zero-order chi connectivity index (χ0) is 13.0. The van der Waals surface area contributed by atoms with Crippen LogP contribution in [0.5, 0.6) is 0 Å². The molecule has 2 N–H and O–H groups in total. The zero-order valence-electron chi connectivity index (χ0n) is 9.39. The molecule has 0 saturated heterocycles. The van der Waals surface area contributed by atoms with Gasteiger partial charge in [-0.25, -0.2) is 9.37 Å². The van der Waals surface area contributed by atoms with E-state index in [1.165, 1.54) is 12.1 Å². The molecule has 0 radical (unpaired) electrons. The quantitative estimate of drug-likeness (QED) is 0.628. The van der Waals surface area contributed by atoms with E-state index in [-0.39, 0.29) is 11.4 Å². The number of rotatable bonds is 5. The fraction of sp³-hybridized carbons (Fsp3) is 0.182. The topological polar surface area (TPSA) is 83.8 Å². The number of nitro groups is 1. The lowest BCUT2D eigenvalue weighted by atomic mass is 10.2. The molecule has 0 aliphatic carbocycles. The molecule has 2 rings (SSSR count). The van der Waals surface area contributed by atoms with E-state index >= 15 is 0 Å². The van der Waals surface area contributed by atoms with Crippen molar-refractivity contribution in [2.24, 2.45) is 0 Å². The Bertz CT molecular complexity index is 542. The molecule has 1 heterocycles. The van der Waals surface area contributed by atoms with Gasteiger partial charge in [0.25, 0.3) is 5.69 Å². The van der Waals surface area contributed by atoms with Crippen LogP contribution < -0.4 is 5.32 Å². The summed E-state index contributed by atoms with van der Waals surface area (Å²) < 4.78 is 13.5. The Morgan fingerprint density at radius 1 is 1.50 bits per heavy atom. The molecule has 18 heavy (non-hydrogen) atoms. The van der Waals surface area contributed by atoms with Crippen LogP contribution in [0, 0.1) is 15.9 Å². The monoisotopic (exact) mass is 250 g/mol. The van der Waals surface area contributed by atoms with Crippen molar-refractivity contribution in [2.75, 3.05) is 11.9 Å². The predicted octanol–water partition coefficient (Wildman–Crippen LogP) is 2.11. The second-order valence-corrected chi connectivity index (χ2v) is 3.63. The number of benzene rings is 1. The van der Waals surface area contributed by atoms with Gasteiger partial charge >= 0.3 is 0 Å². The fourth-order valence-electron chi connectivity index (χ4n) is 1.51. The number of H-pyrrole nitrogens is 1. The van der Waals surface area contributed by atoms with Crippen LogP contribution in [-0.2, 0) is 6.42 Å². The Morgan fingerprint density at radius 3 is 2.94 bits per heavy atom. The van der Waals surface area contributed by atoms with Crippen molar-refractivity contribution < 1.29 is 9.31 Å². The van der Waals surface area contributed by atoms with E-state index in [0.717, 1.165) is 11.9 Å². The number of nitrogens with zero attached hydrogens (tertiary/aromatic N) is 2. The highest BCUT2D eigenvalue weighted by Gasteiger charge is 2.10. The van der Waals surface area contributed by atoms with Crippen molar-refractivity contribution in [1.29, 1.82) is 0 Å². The maximum Gasteiger partial charge on any atom is 0.272 e. The van der Waals surface area contributed by atoms with E-state index in [4.69, 9.17) is 0 Å². The summed E-state index contributed by atoms with van der Waals surface area (Å²) in [7, 11) is 0. The summed E-state index contributed by atoms with van der Waals surface area (Å²) in [6, 6.07) is 3.52. The Hall–Kier alpha value is -2.44. The largest absolute Gasteiger partial charge is 0.382 e. The van der Waals surface area contributed by atoms with Gasteiger partial charge in [-0.1, -0.05) is 0 Å². The molecule has 0 fully saturated rings. The Labute approximate surface area is 102 Å². The van der Waals surface area contributed by atoms with Gasteiger partial charge < -0.3 is 10.3 Å². The van der Waals surface area contributed by atoms with Gasteiger partial charge in [-0.15, -0.1) is 0 Å². The fourth-order valence-corrected chi connectivity index (χ4v) is 1.51. The second-order valence-electron chi connectivity index (χ2n) is 3.63. The maximum atomic E-state index is 13.5. The lowest BCUT2D eigenvalue weighted by molar-refractivity contribution is -0.385. The molecular formula is C11H11FN4O2. The second kappa shape index (κ2) is 5.26. The third-order valence-electron chi connectivity index (χ3n) is 2.40. The molecule has 1 aromatic carbocycles. The van der Waals surface area contributed by atoms with E-state index < -0.39 is 10.7 Å². The molecular weight excluding hydrogens is 239 g/mol. The standard InChI is InChI=1S/C11H11FN4O2/c12-9-7-8(16(17)18)1-2-10(9)13-4-3-11-14-5-6-15-11/h1-2,5-7,13H,3-4H2,(H,14,15). The van der Waals surface area contributed by atoms with Crippen LogP contribution >= 0.6 is 0 Å². The van der Waals surface area contributed by atoms with Crippen LogP contribution in [0.2, 0.25) is 0 Å². The number of anilines is 1. The molecule has 7 heteroatoms. The van der Waals surface area contributed by atoms with Gasteiger partial charge in [0.1, 0.15) is 5.82 Å². The first-order valence-corrected chi connectivity index (χ1v) is 5.33. The van der Waals surface area contributed by atoms with Crippen molar-refractivity contribution in [2.45, 2.75) is 6.42 Å². The minimum atomic E-state index is -0.636. The lowest BCUT2D eigenvalue weighted by Gasteiger charge is -2.06. The van der Waals surface area contributed by atoms with Crippen LogP contribution in [0.25, 0.3) is 0 Å². The lowest BCUT2D eigenvalue weighted by Crippen LogP contribution is -2.07. The first-order chi connectivity index (χ1) is 8.66. The molecule has 0 bridgehead atoms. The average Bonchev–Trinajstić information content (AvgIpc) is 2.84. The number of nitro benzene ring substituents is 1. The number of hydrogen-bond donors (Lipinski definition) is 2. The van der Waals surface area contributed by atoms with E-state index in [9.17, 15) is 14.5 Å². The zero-order valence-corrected chi connectivity index (χ0v) is 9.39. The Morgan fingerprint density at radius 2 is 2.33 bits per heavy atom. The molecule has 2 aromatic rings. The van der Waals surface area contributed by atoms with Crippen molar-refractivity contribution >= 4 is 11.4 Å². The molecule has 1 aromatic heterocycles. The highest BCUT2D eigenvalue weighted by Crippen LogP contribution is 2.20. The molecule has 0 atom stereocenters. The van der Waals surface area contributed by atoms with Gasteiger partial charge in [-0.05, 0) is 6.07 Å². The minimum absolute atomic E-state index is 0.243. The summed E-state index contributed by atoms with van der Waals surface area (Å²) in [5.74, 6) is 0.161. The molecule has 0 saturated carbocycles. The average molecular weight is 250 g/mol. The number of aromatic nitrogens is 2. The van der Waals surface area contributed by atoms with Gasteiger partial charge in [0.05, 0.1) is 16.7 Å². The first-order valence-electron chi connectivity index (χ1n) is 5.33. The molecule has 94 valence electrons. The summed E-state index contributed by atoms with van der Waals surface area (Å²) >= 11 is 0. The third-order valence-corrected chi connectivity index (χ3v) is 2.40. The van der Waals surface area contributed by atoms with Gasteiger partial charge in [-0.2, -0.15) is 0 Å². The van der Waals surface area contributed by atoms with Gasteiger partial charge in [0.15, 0.2) is 5.82 Å². The van der Waals surface area contributed by atoms with Crippen molar-refractivity contribution in [3.05, 3.63) is 52.3 Å². The van der Waals surface area contributed by atoms with Crippen LogP contribution in [-0.4, -0.2) is 21.4 Å². The van der Waals surface area contributed by atoms with E-state index in [2.05, 4.69) is 15.3 Å². The molecule has 0 aliphatic rings. The summed E-state index contributed by atoms with van der Waals surface area (Å²) in [6.45, 7) is 0.488. The van der Waals surface area contributed by atoms with Crippen LogP contribution in [0.15, 0.2) is 30.6 Å². The highest BCUT2D eigenvalue weighted by molar-refractivity contribution is 5.50. The SMILES string of the molecule is O=[N+]([O-])c1ccc(NCCc2ncc[nH]2)c(F)c1. The predicted molar refractivity (Wildman–Crippen MR) is 63.8 cm³/mol. The van der Waals surface area contributed by atoms with Crippen molar-refractivity contribution in [1.82, 2.24) is 9.97 Å². The van der Waals surface area contributed by atoms with E-state index in [1.54, 1.807) is 12.4 Å². The van der Waals surface area contributed by atoms with Crippen LogP contribution in [0.3, 0.4) is 0 Å². The number of halogens is 1. The number of hydrogen-bond acceptors (Lipinski definition) is 4. The van der Waals surface area contributed by atoms with Crippen LogP contribution in [0.4, 0.5) is 15.8 Å². The molecule has 0 spiro atoms. The Kier molecular flexibility index (Phi) is 3.52. The molecule has 0 amide bonds. The van der Waals surface area contributed by atoms with Gasteiger partial charge in [-0.3, -0.25) is 10.1 Å². The third kappa shape index (κ3) is 2.82. The van der Waals surface area contributed by atoms with Crippen LogP contribution in [0.1, 0.15) is 5.82 Å². The van der Waals surface area contributed by atoms with Gasteiger partial charge in [0.2, 0.25) is 0 Å². The normalized spacial score (nSPS) is 10.3. The molecule has 6 nitrogen and oxygen atoms in total. The number of imidazole rings is 1. The number of nitrogens with one attached hydrogen (secondary N) is 2. The summed E-state index contributed by atoms with van der Waals surface area (Å²) in [5, 5.41) is 13.3. The summed E-state index contributed by atoms with van der Waals surface area (Å²) in [4.78, 5) is 16.8. The molecule has 0 unspecified atom stereocenters. The molecule has 0 aliphatic heterocycles. The van der Waals surface area contributed by atoms with Crippen molar-refractivity contribution in [3.8, 4) is 0 Å². The minimum Gasteiger partial charge on any atom is -0.382 e. The maximum absolute atomic E-state index is 13.5. The number of non-ortho nitro benzene ring substituents is 1. The van der Waals surface area contributed by atoms with Crippen molar-refractivity contribution in [3.63, 3.8) is 0 Å². The van der Waals surface area contributed by atoms with Gasteiger partial charge in [0, 0.05) is 31.4 Å². The number of aromatic amines is 1. The summed E-state index contributed by atoms with van der Waals surface area (Å²) in [6.07, 6.45) is 3.97.